The molecule has 0 fully saturated rings. The van der Waals surface area contributed by atoms with Crippen LogP contribution in [0.15, 0.2) is 11.5 Å². The largest absolute Gasteiger partial charge is 0.480 e. The Kier molecular flexibility index (Phi) is 9.09. The van der Waals surface area contributed by atoms with E-state index in [-0.39, 0.29) is 11.8 Å². The van der Waals surface area contributed by atoms with Gasteiger partial charge in [0.25, 0.3) is 5.95 Å². The molecular weight excluding hydrogens is 320 g/mol. The molecule has 0 spiro atoms. The highest BCUT2D eigenvalue weighted by molar-refractivity contribution is 6.21. The number of Topliss-reactive ketones (excluding diaryl/α,β-unsaturated/α-hetero) is 2. The average Bonchev–Trinajstić information content (AvgIpc) is 2.41. The van der Waals surface area contributed by atoms with Crippen LogP contribution in [0.2, 0.25) is 0 Å². The molecule has 0 amide bonds. The Morgan fingerprint density at radius 3 is 1.84 bits per heavy atom. The van der Waals surface area contributed by atoms with E-state index in [1.165, 1.54) is 0 Å². The van der Waals surface area contributed by atoms with E-state index < -0.39 is 40.9 Å². The van der Waals surface area contributed by atoms with Gasteiger partial charge in [-0.2, -0.15) is 0 Å². The SMILES string of the molecule is CC(C)CCC(C)C(=O)/C(C(=O)C(C)C)=C(/O)OC(=O)CC(C)(C)C. The maximum absolute atomic E-state index is 12.7. The van der Waals surface area contributed by atoms with Crippen molar-refractivity contribution in [3.05, 3.63) is 11.5 Å². The number of aliphatic hydroxyl groups is 1. The van der Waals surface area contributed by atoms with Gasteiger partial charge >= 0.3 is 5.97 Å². The number of esters is 1. The predicted octanol–water partition coefficient (Wildman–Crippen LogP) is 4.60. The second-order valence-corrected chi connectivity index (χ2v) is 8.65. The van der Waals surface area contributed by atoms with E-state index in [4.69, 9.17) is 4.74 Å². The van der Waals surface area contributed by atoms with Crippen molar-refractivity contribution < 1.29 is 24.2 Å². The molecule has 5 heteroatoms. The van der Waals surface area contributed by atoms with Crippen molar-refractivity contribution in [3.8, 4) is 0 Å². The van der Waals surface area contributed by atoms with Gasteiger partial charge in [0.1, 0.15) is 5.57 Å². The first-order chi connectivity index (χ1) is 11.3. The molecule has 144 valence electrons. The van der Waals surface area contributed by atoms with Gasteiger partial charge in [-0.1, -0.05) is 61.8 Å². The van der Waals surface area contributed by atoms with E-state index >= 15 is 0 Å². The van der Waals surface area contributed by atoms with Gasteiger partial charge in [0.15, 0.2) is 11.6 Å². The van der Waals surface area contributed by atoms with Crippen molar-refractivity contribution in [2.45, 2.75) is 74.7 Å². The van der Waals surface area contributed by atoms with Crippen molar-refractivity contribution in [3.63, 3.8) is 0 Å². The molecule has 5 nitrogen and oxygen atoms in total. The fourth-order valence-corrected chi connectivity index (χ4v) is 2.21. The van der Waals surface area contributed by atoms with Crippen LogP contribution in [-0.4, -0.2) is 22.6 Å². The maximum Gasteiger partial charge on any atom is 0.314 e. The quantitative estimate of drug-likeness (QED) is 0.215. The first-order valence-corrected chi connectivity index (χ1v) is 8.98. The van der Waals surface area contributed by atoms with Crippen LogP contribution in [0.1, 0.15) is 74.7 Å². The molecule has 0 aromatic rings. The lowest BCUT2D eigenvalue weighted by atomic mass is 9.88. The van der Waals surface area contributed by atoms with Crippen LogP contribution in [0.4, 0.5) is 0 Å². The second kappa shape index (κ2) is 9.73. The summed E-state index contributed by atoms with van der Waals surface area (Å²) < 4.78 is 4.91. The van der Waals surface area contributed by atoms with E-state index in [1.807, 2.05) is 20.8 Å². The summed E-state index contributed by atoms with van der Waals surface area (Å²) in [5.74, 6) is -3.00. The normalized spacial score (nSPS) is 14.3. The molecular formula is C20H34O5. The van der Waals surface area contributed by atoms with Gasteiger partial charge in [-0.3, -0.25) is 14.4 Å². The van der Waals surface area contributed by atoms with Gasteiger partial charge in [-0.05, 0) is 17.8 Å². The Labute approximate surface area is 151 Å². The smallest absolute Gasteiger partial charge is 0.314 e. The van der Waals surface area contributed by atoms with Crippen LogP contribution in [-0.2, 0) is 19.1 Å². The third kappa shape index (κ3) is 8.84. The third-order valence-electron chi connectivity index (χ3n) is 3.74. The molecule has 1 N–H and O–H groups in total. The molecule has 25 heavy (non-hydrogen) atoms. The van der Waals surface area contributed by atoms with Crippen molar-refractivity contribution in [2.75, 3.05) is 0 Å². The zero-order valence-electron chi connectivity index (χ0n) is 16.9. The Morgan fingerprint density at radius 1 is 0.920 bits per heavy atom. The minimum Gasteiger partial charge on any atom is -0.480 e. The fraction of sp³-hybridized carbons (Fsp3) is 0.750. The van der Waals surface area contributed by atoms with E-state index in [0.29, 0.717) is 12.3 Å². The molecule has 0 aliphatic rings. The molecule has 0 radical (unpaired) electrons. The van der Waals surface area contributed by atoms with Gasteiger partial charge in [0.05, 0.1) is 6.42 Å². The fourth-order valence-electron chi connectivity index (χ4n) is 2.21. The van der Waals surface area contributed by atoms with Gasteiger partial charge in [0, 0.05) is 11.8 Å². The van der Waals surface area contributed by atoms with Crippen LogP contribution >= 0.6 is 0 Å². The minimum absolute atomic E-state index is 0.0668. The number of ether oxygens (including phenoxy) is 1. The maximum atomic E-state index is 12.7. The van der Waals surface area contributed by atoms with Crippen LogP contribution in [0.25, 0.3) is 0 Å². The van der Waals surface area contributed by atoms with Gasteiger partial charge in [-0.15, -0.1) is 0 Å². The van der Waals surface area contributed by atoms with E-state index in [0.717, 1.165) is 6.42 Å². The van der Waals surface area contributed by atoms with Crippen molar-refractivity contribution in [1.82, 2.24) is 0 Å². The summed E-state index contributed by atoms with van der Waals surface area (Å²) in [5, 5.41) is 10.2. The molecule has 1 atom stereocenters. The minimum atomic E-state index is -0.866. The molecule has 0 aliphatic heterocycles. The number of allylic oxidation sites excluding steroid dienone is 1. The summed E-state index contributed by atoms with van der Waals surface area (Å²) in [6.07, 6.45) is 1.51. The Morgan fingerprint density at radius 2 is 1.44 bits per heavy atom. The number of carbonyl (C=O) groups excluding carboxylic acids is 3. The summed E-state index contributed by atoms with van der Waals surface area (Å²) in [6, 6.07) is 0. The zero-order chi connectivity index (χ0) is 19.9. The van der Waals surface area contributed by atoms with Gasteiger partial charge < -0.3 is 9.84 Å². The zero-order valence-corrected chi connectivity index (χ0v) is 16.9. The lowest BCUT2D eigenvalue weighted by Crippen LogP contribution is -2.26. The van der Waals surface area contributed by atoms with Crippen LogP contribution in [0.3, 0.4) is 0 Å². The number of hydrogen-bond acceptors (Lipinski definition) is 5. The highest BCUT2D eigenvalue weighted by Crippen LogP contribution is 2.23. The first kappa shape index (κ1) is 23.4. The topological polar surface area (TPSA) is 80.7 Å². The van der Waals surface area contributed by atoms with Crippen LogP contribution in [0, 0.1) is 23.2 Å². The Bertz CT molecular complexity index is 521. The number of carbonyl (C=O) groups is 3. The van der Waals surface area contributed by atoms with Crippen molar-refractivity contribution in [2.24, 2.45) is 23.2 Å². The Hall–Kier alpha value is -1.65. The average molecular weight is 354 g/mol. The summed E-state index contributed by atoms with van der Waals surface area (Å²) in [4.78, 5) is 37.0. The lowest BCUT2D eigenvalue weighted by molar-refractivity contribution is -0.145. The molecule has 0 aliphatic carbocycles. The third-order valence-corrected chi connectivity index (χ3v) is 3.74. The highest BCUT2D eigenvalue weighted by Gasteiger charge is 2.31. The van der Waals surface area contributed by atoms with Crippen LogP contribution < -0.4 is 0 Å². The van der Waals surface area contributed by atoms with E-state index in [9.17, 15) is 19.5 Å². The van der Waals surface area contributed by atoms with Crippen LogP contribution in [0.5, 0.6) is 0 Å². The number of ketones is 2. The van der Waals surface area contributed by atoms with E-state index in [2.05, 4.69) is 13.8 Å². The highest BCUT2D eigenvalue weighted by atomic mass is 16.6. The monoisotopic (exact) mass is 354 g/mol. The second-order valence-electron chi connectivity index (χ2n) is 8.65. The number of hydrogen-bond donors (Lipinski definition) is 1. The standard InChI is InChI=1S/C20H34O5/c1-12(2)9-10-14(5)18(23)16(17(22)13(3)4)19(24)25-15(21)11-20(6,7)8/h12-14,24H,9-11H2,1-8H3/b19-16-. The molecule has 0 saturated heterocycles. The Balaban J connectivity index is 5.49. The van der Waals surface area contributed by atoms with Gasteiger partial charge in [0.2, 0.25) is 0 Å². The summed E-state index contributed by atoms with van der Waals surface area (Å²) in [7, 11) is 0. The van der Waals surface area contributed by atoms with Crippen molar-refractivity contribution >= 4 is 17.5 Å². The summed E-state index contributed by atoms with van der Waals surface area (Å²) >= 11 is 0. The lowest BCUT2D eigenvalue weighted by Gasteiger charge is -2.18. The number of aliphatic hydroxyl groups excluding tert-OH is 1. The molecule has 0 saturated carbocycles. The van der Waals surface area contributed by atoms with E-state index in [1.54, 1.807) is 20.8 Å². The molecule has 0 heterocycles. The predicted molar refractivity (Wildman–Crippen MR) is 97.9 cm³/mol. The molecule has 0 rings (SSSR count). The molecule has 0 bridgehead atoms. The molecule has 0 aromatic heterocycles. The summed E-state index contributed by atoms with van der Waals surface area (Å²) in [5.41, 5.74) is -0.720. The number of rotatable bonds is 9. The van der Waals surface area contributed by atoms with Gasteiger partial charge in [-0.25, -0.2) is 0 Å². The summed E-state index contributed by atoms with van der Waals surface area (Å²) in [6.45, 7) is 14.7. The first-order valence-electron chi connectivity index (χ1n) is 8.98. The molecule has 1 unspecified atom stereocenters. The van der Waals surface area contributed by atoms with Crippen molar-refractivity contribution in [1.29, 1.82) is 0 Å². The molecule has 0 aromatic carbocycles.